The van der Waals surface area contributed by atoms with E-state index in [9.17, 15) is 10.0 Å². The molecule has 0 aliphatic heterocycles. The van der Waals surface area contributed by atoms with Crippen LogP contribution in [0.15, 0.2) is 62.8 Å². The number of nitrogens with zero attached hydrogens (tertiary/aromatic N) is 1. The third-order valence-corrected chi connectivity index (χ3v) is 6.19. The molecule has 3 N–H and O–H groups in total. The monoisotopic (exact) mass is 408 g/mol. The molecule has 0 spiro atoms. The van der Waals surface area contributed by atoms with Gasteiger partial charge in [-0.1, -0.05) is 45.9 Å². The van der Waals surface area contributed by atoms with Crippen LogP contribution in [0.5, 0.6) is 0 Å². The first-order chi connectivity index (χ1) is 11.0. The average molecular weight is 409 g/mol. The van der Waals surface area contributed by atoms with E-state index in [1.807, 2.05) is 48.5 Å². The molecule has 0 bridgehead atoms. The first-order valence-electron chi connectivity index (χ1n) is 6.74. The van der Waals surface area contributed by atoms with E-state index < -0.39 is 6.03 Å². The van der Waals surface area contributed by atoms with Crippen molar-refractivity contribution in [3.63, 3.8) is 0 Å². The lowest BCUT2D eigenvalue weighted by atomic mass is 10.2. The van der Waals surface area contributed by atoms with Crippen molar-refractivity contribution < 1.29 is 10.0 Å². The van der Waals surface area contributed by atoms with Crippen LogP contribution in [0.2, 0.25) is 0 Å². The first kappa shape index (κ1) is 16.3. The van der Waals surface area contributed by atoms with E-state index >= 15 is 0 Å². The Bertz CT molecular complexity index is 849. The minimum Gasteiger partial charge on any atom is -0.350 e. The van der Waals surface area contributed by atoms with E-state index in [4.69, 9.17) is 5.73 Å². The minimum absolute atomic E-state index is 0.0769. The molecule has 0 radical (unpaired) electrons. The Labute approximate surface area is 150 Å². The van der Waals surface area contributed by atoms with Crippen LogP contribution in [0.4, 0.5) is 4.79 Å². The zero-order valence-electron chi connectivity index (χ0n) is 11.9. The third kappa shape index (κ3) is 3.69. The Morgan fingerprint density at radius 3 is 2.61 bits per heavy atom. The van der Waals surface area contributed by atoms with Crippen LogP contribution in [-0.2, 0) is 6.54 Å². The van der Waals surface area contributed by atoms with E-state index in [1.54, 1.807) is 23.1 Å². The number of thiophene rings is 1. The molecule has 0 aliphatic rings. The maximum absolute atomic E-state index is 11.1. The van der Waals surface area contributed by atoms with Gasteiger partial charge in [0.2, 0.25) is 0 Å². The second-order valence-corrected chi connectivity index (χ2v) is 7.94. The summed E-state index contributed by atoms with van der Waals surface area (Å²) in [6.07, 6.45) is 0. The van der Waals surface area contributed by atoms with Gasteiger partial charge >= 0.3 is 6.03 Å². The summed E-state index contributed by atoms with van der Waals surface area (Å²) in [5.41, 5.74) is 5.13. The highest BCUT2D eigenvalue weighted by atomic mass is 79.9. The number of benzene rings is 2. The smallest absolute Gasteiger partial charge is 0.338 e. The number of halogens is 1. The number of amides is 2. The van der Waals surface area contributed by atoms with Gasteiger partial charge in [0.15, 0.2) is 0 Å². The Kier molecular flexibility index (Phi) is 4.91. The van der Waals surface area contributed by atoms with Crippen LogP contribution in [0.3, 0.4) is 0 Å². The van der Waals surface area contributed by atoms with Gasteiger partial charge in [0.1, 0.15) is 0 Å². The molecule has 3 rings (SSSR count). The summed E-state index contributed by atoms with van der Waals surface area (Å²) in [5, 5.41) is 11.3. The fourth-order valence-electron chi connectivity index (χ4n) is 2.12. The van der Waals surface area contributed by atoms with Gasteiger partial charge in [-0.05, 0) is 30.3 Å². The highest BCUT2D eigenvalue weighted by Gasteiger charge is 2.17. The number of hydroxylamine groups is 2. The van der Waals surface area contributed by atoms with E-state index in [2.05, 4.69) is 15.9 Å². The van der Waals surface area contributed by atoms with Gasteiger partial charge < -0.3 is 5.73 Å². The predicted molar refractivity (Wildman–Crippen MR) is 97.0 cm³/mol. The fourth-order valence-corrected chi connectivity index (χ4v) is 4.76. The molecule has 0 fully saturated rings. The molecule has 4 nitrogen and oxygen atoms in total. The summed E-state index contributed by atoms with van der Waals surface area (Å²) in [7, 11) is 0. The van der Waals surface area contributed by atoms with Crippen molar-refractivity contribution in [3.8, 4) is 0 Å². The van der Waals surface area contributed by atoms with Gasteiger partial charge in [0, 0.05) is 29.2 Å². The maximum Gasteiger partial charge on any atom is 0.338 e. The molecular formula is C16H13BrN2O2S2. The molecule has 0 saturated heterocycles. The number of hydrogen-bond acceptors (Lipinski definition) is 4. The number of hydrogen-bond donors (Lipinski definition) is 2. The second-order valence-electron chi connectivity index (χ2n) is 4.80. The van der Waals surface area contributed by atoms with Crippen LogP contribution < -0.4 is 5.73 Å². The highest BCUT2D eigenvalue weighted by molar-refractivity contribution is 9.10. The fraction of sp³-hybridized carbons (Fsp3) is 0.0625. The molecule has 2 aromatic carbocycles. The number of urea groups is 1. The van der Waals surface area contributed by atoms with Gasteiger partial charge in [-0.15, -0.1) is 11.3 Å². The summed E-state index contributed by atoms with van der Waals surface area (Å²) >= 11 is 6.59. The molecule has 0 unspecified atom stereocenters. The van der Waals surface area contributed by atoms with Crippen molar-refractivity contribution in [3.05, 3.63) is 57.9 Å². The zero-order chi connectivity index (χ0) is 16.4. The number of rotatable bonds is 4. The van der Waals surface area contributed by atoms with E-state index in [0.29, 0.717) is 5.06 Å². The lowest BCUT2D eigenvalue weighted by Gasteiger charge is -2.12. The number of nitrogens with two attached hydrogens (primary N) is 1. The first-order valence-corrected chi connectivity index (χ1v) is 9.17. The minimum atomic E-state index is -0.859. The Morgan fingerprint density at radius 1 is 1.22 bits per heavy atom. The summed E-state index contributed by atoms with van der Waals surface area (Å²) in [6, 6.07) is 15.2. The van der Waals surface area contributed by atoms with Crippen LogP contribution >= 0.6 is 39.0 Å². The number of primary amides is 1. The van der Waals surface area contributed by atoms with Crippen molar-refractivity contribution in [1.82, 2.24) is 5.06 Å². The van der Waals surface area contributed by atoms with Crippen molar-refractivity contribution in [1.29, 1.82) is 0 Å². The lowest BCUT2D eigenvalue weighted by Crippen LogP contribution is -2.31. The Morgan fingerprint density at radius 2 is 1.91 bits per heavy atom. The molecule has 0 atom stereocenters. The summed E-state index contributed by atoms with van der Waals surface area (Å²) in [6.45, 7) is 0.0769. The largest absolute Gasteiger partial charge is 0.350 e. The summed E-state index contributed by atoms with van der Waals surface area (Å²) in [5.74, 6) is 0. The zero-order valence-corrected chi connectivity index (χ0v) is 15.1. The van der Waals surface area contributed by atoms with Gasteiger partial charge in [-0.2, -0.15) is 0 Å². The number of fused-ring (bicyclic) bond motifs is 1. The normalized spacial score (nSPS) is 10.9. The van der Waals surface area contributed by atoms with Gasteiger partial charge in [0.25, 0.3) is 0 Å². The van der Waals surface area contributed by atoms with Gasteiger partial charge in [-0.3, -0.25) is 5.21 Å². The summed E-state index contributed by atoms with van der Waals surface area (Å²) < 4.78 is 2.13. The third-order valence-electron chi connectivity index (χ3n) is 3.20. The average Bonchev–Trinajstić information content (AvgIpc) is 2.87. The van der Waals surface area contributed by atoms with Gasteiger partial charge in [0.05, 0.1) is 6.54 Å². The Balaban J connectivity index is 2.01. The van der Waals surface area contributed by atoms with E-state index in [1.165, 1.54) is 0 Å². The van der Waals surface area contributed by atoms with Crippen LogP contribution in [0.1, 0.15) is 4.88 Å². The maximum atomic E-state index is 11.1. The lowest BCUT2D eigenvalue weighted by molar-refractivity contribution is -0.0467. The highest BCUT2D eigenvalue weighted by Crippen LogP contribution is 2.42. The number of carbonyl (C=O) groups is 1. The van der Waals surface area contributed by atoms with Crippen molar-refractivity contribution in [2.45, 2.75) is 16.3 Å². The standard InChI is InChI=1S/C16H13BrN2O2S2/c17-10-5-7-11(8-6-10)22-15-12-3-1-2-4-13(12)23-14(15)9-19(21)16(18)20/h1-8,21H,9H2,(H2,18,20). The topological polar surface area (TPSA) is 66.6 Å². The quantitative estimate of drug-likeness (QED) is 0.466. The van der Waals surface area contributed by atoms with Crippen LogP contribution in [0, 0.1) is 0 Å². The molecule has 7 heteroatoms. The number of carbonyl (C=O) groups excluding carboxylic acids is 1. The second kappa shape index (κ2) is 6.92. The van der Waals surface area contributed by atoms with Crippen molar-refractivity contribution >= 4 is 55.1 Å². The summed E-state index contributed by atoms with van der Waals surface area (Å²) in [4.78, 5) is 14.1. The molecule has 2 amide bonds. The van der Waals surface area contributed by atoms with E-state index in [0.717, 1.165) is 29.2 Å². The molecule has 118 valence electrons. The predicted octanol–water partition coefficient (Wildman–Crippen LogP) is 5.08. The Hall–Kier alpha value is -1.54. The van der Waals surface area contributed by atoms with Gasteiger partial charge in [-0.25, -0.2) is 9.86 Å². The van der Waals surface area contributed by atoms with Crippen LogP contribution in [0.25, 0.3) is 10.1 Å². The van der Waals surface area contributed by atoms with Crippen molar-refractivity contribution in [2.24, 2.45) is 5.73 Å². The molecule has 1 aromatic heterocycles. The van der Waals surface area contributed by atoms with Crippen LogP contribution in [-0.4, -0.2) is 16.3 Å². The molecule has 1 heterocycles. The molecule has 0 saturated carbocycles. The SMILES string of the molecule is NC(=O)N(O)Cc1sc2ccccc2c1Sc1ccc(Br)cc1. The molecular weight excluding hydrogens is 396 g/mol. The molecule has 23 heavy (non-hydrogen) atoms. The van der Waals surface area contributed by atoms with Crippen molar-refractivity contribution in [2.75, 3.05) is 0 Å². The molecule has 0 aliphatic carbocycles. The van der Waals surface area contributed by atoms with E-state index in [-0.39, 0.29) is 6.54 Å². The molecule has 3 aromatic rings.